The fourth-order valence-electron chi connectivity index (χ4n) is 4.17. The zero-order valence-electron chi connectivity index (χ0n) is 18.9. The van der Waals surface area contributed by atoms with E-state index >= 15 is 0 Å². The van der Waals surface area contributed by atoms with Crippen LogP contribution in [0.25, 0.3) is 43.6 Å². The highest BCUT2D eigenvalue weighted by atomic mass is 14.7. The molecule has 0 saturated carbocycles. The molecule has 0 amide bonds. The Kier molecular flexibility index (Phi) is 6.04. The van der Waals surface area contributed by atoms with Gasteiger partial charge in [0.15, 0.2) is 0 Å². The van der Waals surface area contributed by atoms with E-state index in [1.54, 1.807) is 0 Å². The maximum atomic E-state index is 4.66. The van der Waals surface area contributed by atoms with E-state index in [9.17, 15) is 0 Å². The van der Waals surface area contributed by atoms with Gasteiger partial charge in [0.05, 0.1) is 22.1 Å². The zero-order chi connectivity index (χ0) is 23.3. The molecule has 0 aliphatic heterocycles. The van der Waals surface area contributed by atoms with Crippen LogP contribution in [0.2, 0.25) is 0 Å². The van der Waals surface area contributed by atoms with Crippen molar-refractivity contribution in [2.75, 3.05) is 0 Å². The van der Waals surface area contributed by atoms with Crippen molar-refractivity contribution >= 4 is 43.6 Å². The predicted molar refractivity (Wildman–Crippen MR) is 142 cm³/mol. The van der Waals surface area contributed by atoms with Crippen molar-refractivity contribution in [3.8, 4) is 0 Å². The molecule has 4 heteroatoms. The van der Waals surface area contributed by atoms with Crippen molar-refractivity contribution in [3.63, 3.8) is 0 Å². The molecular weight excluding hydrogens is 416 g/mol. The Morgan fingerprint density at radius 1 is 0.559 bits per heavy atom. The van der Waals surface area contributed by atoms with Crippen LogP contribution in [-0.4, -0.2) is 19.9 Å². The molecule has 34 heavy (non-hydrogen) atoms. The van der Waals surface area contributed by atoms with Crippen molar-refractivity contribution in [2.24, 2.45) is 0 Å². The summed E-state index contributed by atoms with van der Waals surface area (Å²) in [6.45, 7) is 7.53. The molecular formula is C30H24N4. The molecule has 0 bridgehead atoms. The van der Waals surface area contributed by atoms with Gasteiger partial charge in [-0.25, -0.2) is 0 Å². The molecule has 4 heterocycles. The summed E-state index contributed by atoms with van der Waals surface area (Å²) in [4.78, 5) is 18.0. The third kappa shape index (κ3) is 4.14. The van der Waals surface area contributed by atoms with E-state index in [0.29, 0.717) is 0 Å². The number of rotatable bonds is 4. The Labute approximate surface area is 198 Å². The standard InChI is InChI=1S/2C15H12N2/c1-2-4-13-9-8-12-7-6-11-5-3-10-16-14(11)15(12)17-13;1-2-4-11-8-10-17-15-13(11)7-6-12-5-3-9-16-14(12)15/h2*2-3,5-10H,1,4H2. The SMILES string of the molecule is C=CCc1ccc2ccc3cccnc3c2n1.C=CCc1ccnc2c1ccc1cccnc12. The molecule has 0 aliphatic carbocycles. The van der Waals surface area contributed by atoms with Crippen LogP contribution < -0.4 is 0 Å². The minimum absolute atomic E-state index is 0.791. The van der Waals surface area contributed by atoms with E-state index in [1.165, 1.54) is 10.9 Å². The molecule has 2 aromatic carbocycles. The summed E-state index contributed by atoms with van der Waals surface area (Å²) < 4.78 is 0. The van der Waals surface area contributed by atoms with Crippen molar-refractivity contribution in [3.05, 3.63) is 122 Å². The van der Waals surface area contributed by atoms with Crippen LogP contribution in [0.3, 0.4) is 0 Å². The highest BCUT2D eigenvalue weighted by molar-refractivity contribution is 6.04. The number of nitrogens with zero attached hydrogens (tertiary/aromatic N) is 4. The van der Waals surface area contributed by atoms with Crippen LogP contribution in [0, 0.1) is 0 Å². The number of hydrogen-bond acceptors (Lipinski definition) is 4. The van der Waals surface area contributed by atoms with Crippen LogP contribution >= 0.6 is 0 Å². The molecule has 0 unspecified atom stereocenters. The number of allylic oxidation sites excluding steroid dienone is 2. The summed E-state index contributed by atoms with van der Waals surface area (Å²) in [6.07, 6.45) is 10.9. The van der Waals surface area contributed by atoms with Crippen LogP contribution in [0.15, 0.2) is 111 Å². The number of aromatic nitrogens is 4. The summed E-state index contributed by atoms with van der Waals surface area (Å²) in [5, 5.41) is 4.55. The summed E-state index contributed by atoms with van der Waals surface area (Å²) in [5.41, 5.74) is 6.17. The molecule has 0 N–H and O–H groups in total. The van der Waals surface area contributed by atoms with Gasteiger partial charge in [0.2, 0.25) is 0 Å². The first-order valence-electron chi connectivity index (χ1n) is 11.2. The van der Waals surface area contributed by atoms with Gasteiger partial charge in [-0.2, -0.15) is 0 Å². The molecule has 164 valence electrons. The molecule has 0 atom stereocenters. The fourth-order valence-corrected chi connectivity index (χ4v) is 4.17. The van der Waals surface area contributed by atoms with Crippen LogP contribution in [0.5, 0.6) is 0 Å². The second kappa shape index (κ2) is 9.59. The largest absolute Gasteiger partial charge is 0.254 e. The highest BCUT2D eigenvalue weighted by Gasteiger charge is 2.05. The predicted octanol–water partition coefficient (Wildman–Crippen LogP) is 7.02. The first kappa shape index (κ1) is 21.4. The average molecular weight is 441 g/mol. The van der Waals surface area contributed by atoms with Crippen LogP contribution in [0.1, 0.15) is 11.3 Å². The minimum atomic E-state index is 0.791. The summed E-state index contributed by atoms with van der Waals surface area (Å²) >= 11 is 0. The minimum Gasteiger partial charge on any atom is -0.254 e. The van der Waals surface area contributed by atoms with Gasteiger partial charge in [-0.05, 0) is 36.2 Å². The highest BCUT2D eigenvalue weighted by Crippen LogP contribution is 2.25. The lowest BCUT2D eigenvalue weighted by molar-refractivity contribution is 1.15. The third-order valence-electron chi connectivity index (χ3n) is 5.78. The Bertz CT molecular complexity index is 1610. The normalized spacial score (nSPS) is 10.8. The Morgan fingerprint density at radius 2 is 1.15 bits per heavy atom. The first-order valence-corrected chi connectivity index (χ1v) is 11.2. The lowest BCUT2D eigenvalue weighted by Gasteiger charge is -2.05. The van der Waals surface area contributed by atoms with Gasteiger partial charge in [-0.3, -0.25) is 19.9 Å². The third-order valence-corrected chi connectivity index (χ3v) is 5.78. The summed E-state index contributed by atoms with van der Waals surface area (Å²) in [5.74, 6) is 0. The lowest BCUT2D eigenvalue weighted by Crippen LogP contribution is -1.90. The Balaban J connectivity index is 0.000000142. The monoisotopic (exact) mass is 440 g/mol. The molecule has 0 aliphatic rings. The zero-order valence-corrected chi connectivity index (χ0v) is 18.9. The quantitative estimate of drug-likeness (QED) is 0.218. The number of hydrogen-bond donors (Lipinski definition) is 0. The second-order valence-corrected chi connectivity index (χ2v) is 8.01. The van der Waals surface area contributed by atoms with Crippen LogP contribution in [-0.2, 0) is 12.8 Å². The van der Waals surface area contributed by atoms with Gasteiger partial charge in [-0.15, -0.1) is 13.2 Å². The molecule has 0 fully saturated rings. The van der Waals surface area contributed by atoms with Gasteiger partial charge < -0.3 is 0 Å². The van der Waals surface area contributed by atoms with Crippen molar-refractivity contribution in [1.82, 2.24) is 19.9 Å². The molecule has 0 spiro atoms. The van der Waals surface area contributed by atoms with E-state index in [4.69, 9.17) is 0 Å². The van der Waals surface area contributed by atoms with Gasteiger partial charge in [-0.1, -0.05) is 54.6 Å². The van der Waals surface area contributed by atoms with E-state index in [1.807, 2.05) is 55.0 Å². The number of benzene rings is 2. The van der Waals surface area contributed by atoms with E-state index < -0.39 is 0 Å². The first-order chi connectivity index (χ1) is 16.8. The molecule has 4 nitrogen and oxygen atoms in total. The maximum absolute atomic E-state index is 4.66. The van der Waals surface area contributed by atoms with E-state index in [2.05, 4.69) is 75.6 Å². The van der Waals surface area contributed by atoms with Gasteiger partial charge in [0.1, 0.15) is 0 Å². The van der Waals surface area contributed by atoms with Crippen molar-refractivity contribution in [2.45, 2.75) is 12.8 Å². The topological polar surface area (TPSA) is 51.6 Å². The van der Waals surface area contributed by atoms with Crippen LogP contribution in [0.4, 0.5) is 0 Å². The smallest absolute Gasteiger partial charge is 0.0967 e. The Morgan fingerprint density at radius 3 is 1.85 bits per heavy atom. The number of pyridine rings is 4. The molecule has 6 aromatic rings. The van der Waals surface area contributed by atoms with Gasteiger partial charge in [0, 0.05) is 52.3 Å². The van der Waals surface area contributed by atoms with Gasteiger partial charge >= 0.3 is 0 Å². The molecule has 0 radical (unpaired) electrons. The second-order valence-electron chi connectivity index (χ2n) is 8.01. The fraction of sp³-hybridized carbons (Fsp3) is 0.0667. The van der Waals surface area contributed by atoms with Crippen molar-refractivity contribution < 1.29 is 0 Å². The van der Waals surface area contributed by atoms with E-state index in [-0.39, 0.29) is 0 Å². The molecule has 4 aromatic heterocycles. The molecule has 6 rings (SSSR count). The van der Waals surface area contributed by atoms with Crippen molar-refractivity contribution in [1.29, 1.82) is 0 Å². The summed E-state index contributed by atoms with van der Waals surface area (Å²) in [7, 11) is 0. The average Bonchev–Trinajstić information content (AvgIpc) is 2.89. The summed E-state index contributed by atoms with van der Waals surface area (Å²) in [6, 6.07) is 22.6. The molecule has 0 saturated heterocycles. The van der Waals surface area contributed by atoms with Gasteiger partial charge in [0.25, 0.3) is 0 Å². The Hall–Kier alpha value is -4.44. The maximum Gasteiger partial charge on any atom is 0.0967 e. The lowest BCUT2D eigenvalue weighted by atomic mass is 10.0. The number of fused-ring (bicyclic) bond motifs is 6. The van der Waals surface area contributed by atoms with E-state index in [0.717, 1.165) is 56.8 Å².